The van der Waals surface area contributed by atoms with Crippen molar-refractivity contribution in [2.24, 2.45) is 5.92 Å². The quantitative estimate of drug-likeness (QED) is 0.488. The van der Waals surface area contributed by atoms with E-state index in [1.165, 1.54) is 11.1 Å². The standard InChI is InChI=1S/C19H22O3/c1-3-6-16(21)7-4-5-8-18-15(13-20)11-14-12-17(22-2)9-10-19(14)18/h3-7,9-10,12-13,15,18,21H,8,11H2,1-2H3/b5-4+,6-3-,16-7+. The summed E-state index contributed by atoms with van der Waals surface area (Å²) in [6.45, 7) is 1.85. The first kappa shape index (κ1) is 16.1. The first-order valence-electron chi connectivity index (χ1n) is 7.50. The maximum Gasteiger partial charge on any atom is 0.124 e. The third-order valence-electron chi connectivity index (χ3n) is 4.03. The summed E-state index contributed by atoms with van der Waals surface area (Å²) in [5, 5.41) is 9.51. The number of carbonyl (C=O) groups excluding carboxylic acids is 1. The van der Waals surface area contributed by atoms with E-state index in [9.17, 15) is 9.90 Å². The number of rotatable bonds is 6. The monoisotopic (exact) mass is 298 g/mol. The molecule has 1 aliphatic carbocycles. The number of fused-ring (bicyclic) bond motifs is 1. The number of aliphatic hydroxyl groups excluding tert-OH is 1. The van der Waals surface area contributed by atoms with Crippen LogP contribution in [0.25, 0.3) is 0 Å². The zero-order chi connectivity index (χ0) is 15.9. The molecule has 1 N–H and O–H groups in total. The number of hydrogen-bond acceptors (Lipinski definition) is 3. The molecule has 0 bridgehead atoms. The lowest BCUT2D eigenvalue weighted by Gasteiger charge is -2.13. The van der Waals surface area contributed by atoms with Crippen molar-refractivity contribution >= 4 is 6.29 Å². The number of methoxy groups -OCH3 is 1. The lowest BCUT2D eigenvalue weighted by atomic mass is 9.90. The fourth-order valence-electron chi connectivity index (χ4n) is 2.94. The molecule has 3 heteroatoms. The molecule has 1 aromatic rings. The molecule has 3 nitrogen and oxygen atoms in total. The first-order valence-corrected chi connectivity index (χ1v) is 7.50. The number of aldehydes is 1. The van der Waals surface area contributed by atoms with Crippen LogP contribution < -0.4 is 4.74 Å². The van der Waals surface area contributed by atoms with Gasteiger partial charge in [0.15, 0.2) is 0 Å². The Kier molecular flexibility index (Phi) is 5.59. The fourth-order valence-corrected chi connectivity index (χ4v) is 2.94. The van der Waals surface area contributed by atoms with Crippen LogP contribution in [-0.4, -0.2) is 18.5 Å². The van der Waals surface area contributed by atoms with Gasteiger partial charge in [0.2, 0.25) is 0 Å². The van der Waals surface area contributed by atoms with Crippen molar-refractivity contribution in [1.29, 1.82) is 0 Å². The second-order valence-electron chi connectivity index (χ2n) is 5.43. The number of carbonyl (C=O) groups is 1. The van der Waals surface area contributed by atoms with E-state index in [1.54, 1.807) is 25.3 Å². The van der Waals surface area contributed by atoms with Crippen LogP contribution in [0, 0.1) is 5.92 Å². The molecule has 116 valence electrons. The maximum atomic E-state index is 11.4. The number of hydrogen-bond donors (Lipinski definition) is 1. The van der Waals surface area contributed by atoms with Crippen molar-refractivity contribution < 1.29 is 14.6 Å². The van der Waals surface area contributed by atoms with Gasteiger partial charge in [-0.25, -0.2) is 0 Å². The summed E-state index contributed by atoms with van der Waals surface area (Å²) in [4.78, 5) is 11.4. The summed E-state index contributed by atoms with van der Waals surface area (Å²) in [5.41, 5.74) is 2.42. The van der Waals surface area contributed by atoms with Crippen LogP contribution in [0.5, 0.6) is 5.75 Å². The summed E-state index contributed by atoms with van der Waals surface area (Å²) in [6.07, 6.45) is 11.5. The molecule has 0 heterocycles. The summed E-state index contributed by atoms with van der Waals surface area (Å²) < 4.78 is 5.25. The molecule has 1 aliphatic rings. The highest BCUT2D eigenvalue weighted by molar-refractivity contribution is 5.61. The van der Waals surface area contributed by atoms with E-state index in [0.29, 0.717) is 0 Å². The van der Waals surface area contributed by atoms with Crippen molar-refractivity contribution in [3.05, 3.63) is 65.5 Å². The first-order chi connectivity index (χ1) is 10.7. The van der Waals surface area contributed by atoms with Gasteiger partial charge in [-0.2, -0.15) is 0 Å². The molecular weight excluding hydrogens is 276 g/mol. The van der Waals surface area contributed by atoms with E-state index in [1.807, 2.05) is 31.2 Å². The molecule has 0 radical (unpaired) electrons. The molecule has 0 aromatic heterocycles. The van der Waals surface area contributed by atoms with Gasteiger partial charge in [0.05, 0.1) is 7.11 Å². The van der Waals surface area contributed by atoms with Gasteiger partial charge < -0.3 is 14.6 Å². The average Bonchev–Trinajstić information content (AvgIpc) is 2.88. The van der Waals surface area contributed by atoms with Crippen LogP contribution >= 0.6 is 0 Å². The Hall–Kier alpha value is -2.29. The Bertz CT molecular complexity index is 611. The van der Waals surface area contributed by atoms with E-state index in [4.69, 9.17) is 4.74 Å². The minimum atomic E-state index is 0.0138. The largest absolute Gasteiger partial charge is 0.508 e. The summed E-state index contributed by atoms with van der Waals surface area (Å²) in [5.74, 6) is 1.27. The number of allylic oxidation sites excluding steroid dienone is 5. The summed E-state index contributed by atoms with van der Waals surface area (Å²) >= 11 is 0. The Labute approximate surface area is 131 Å². The molecule has 2 atom stereocenters. The average molecular weight is 298 g/mol. The number of ether oxygens (including phenoxy) is 1. The minimum Gasteiger partial charge on any atom is -0.508 e. The van der Waals surface area contributed by atoms with Crippen molar-refractivity contribution in [2.45, 2.75) is 25.7 Å². The molecule has 0 fully saturated rings. The van der Waals surface area contributed by atoms with Crippen LogP contribution in [0.2, 0.25) is 0 Å². The van der Waals surface area contributed by atoms with Crippen molar-refractivity contribution in [2.75, 3.05) is 7.11 Å². The van der Waals surface area contributed by atoms with Crippen molar-refractivity contribution in [3.63, 3.8) is 0 Å². The molecule has 0 amide bonds. The second kappa shape index (κ2) is 7.64. The Morgan fingerprint density at radius 1 is 1.45 bits per heavy atom. The number of benzene rings is 1. The van der Waals surface area contributed by atoms with Crippen LogP contribution in [0.15, 0.2) is 54.3 Å². The molecule has 2 rings (SSSR count). The SMILES string of the molecule is C\C=C/C(O)=C\C=C\CC1c2ccc(OC)cc2CC1C=O. The Balaban J connectivity index is 2.12. The highest BCUT2D eigenvalue weighted by Gasteiger charge is 2.31. The van der Waals surface area contributed by atoms with Crippen LogP contribution in [0.4, 0.5) is 0 Å². The van der Waals surface area contributed by atoms with Gasteiger partial charge in [-0.05, 0) is 61.1 Å². The zero-order valence-electron chi connectivity index (χ0n) is 13.0. The maximum absolute atomic E-state index is 11.4. The molecule has 22 heavy (non-hydrogen) atoms. The van der Waals surface area contributed by atoms with Gasteiger partial charge in [-0.1, -0.05) is 24.3 Å². The van der Waals surface area contributed by atoms with Crippen molar-refractivity contribution in [1.82, 2.24) is 0 Å². The molecule has 1 aromatic carbocycles. The van der Waals surface area contributed by atoms with E-state index in [-0.39, 0.29) is 17.6 Å². The van der Waals surface area contributed by atoms with Gasteiger partial charge in [0, 0.05) is 5.92 Å². The third-order valence-corrected chi connectivity index (χ3v) is 4.03. The predicted molar refractivity (Wildman–Crippen MR) is 88.3 cm³/mol. The molecule has 0 spiro atoms. The number of aliphatic hydroxyl groups is 1. The van der Waals surface area contributed by atoms with Gasteiger partial charge in [-0.3, -0.25) is 0 Å². The van der Waals surface area contributed by atoms with Crippen molar-refractivity contribution in [3.8, 4) is 5.75 Å². The van der Waals surface area contributed by atoms with Gasteiger partial charge in [0.1, 0.15) is 17.8 Å². The molecule has 0 saturated heterocycles. The smallest absolute Gasteiger partial charge is 0.124 e. The van der Waals surface area contributed by atoms with Crippen LogP contribution in [0.3, 0.4) is 0 Å². The normalized spacial score (nSPS) is 21.5. The highest BCUT2D eigenvalue weighted by atomic mass is 16.5. The summed E-state index contributed by atoms with van der Waals surface area (Å²) in [7, 11) is 1.65. The third kappa shape index (κ3) is 3.67. The van der Waals surface area contributed by atoms with Crippen LogP contribution in [-0.2, 0) is 11.2 Å². The second-order valence-corrected chi connectivity index (χ2v) is 5.43. The Morgan fingerprint density at radius 2 is 2.27 bits per heavy atom. The van der Waals surface area contributed by atoms with E-state index < -0.39 is 0 Å². The zero-order valence-corrected chi connectivity index (χ0v) is 13.0. The summed E-state index contributed by atoms with van der Waals surface area (Å²) in [6, 6.07) is 6.02. The van der Waals surface area contributed by atoms with Gasteiger partial charge >= 0.3 is 0 Å². The highest BCUT2D eigenvalue weighted by Crippen LogP contribution is 2.40. The minimum absolute atomic E-state index is 0.0138. The van der Waals surface area contributed by atoms with E-state index in [2.05, 4.69) is 6.07 Å². The van der Waals surface area contributed by atoms with Gasteiger partial charge in [-0.15, -0.1) is 0 Å². The predicted octanol–water partition coefficient (Wildman–Crippen LogP) is 4.11. The Morgan fingerprint density at radius 3 is 2.95 bits per heavy atom. The van der Waals surface area contributed by atoms with E-state index >= 15 is 0 Å². The van der Waals surface area contributed by atoms with Crippen LogP contribution in [0.1, 0.15) is 30.4 Å². The lowest BCUT2D eigenvalue weighted by Crippen LogP contribution is -2.08. The molecule has 2 unspecified atom stereocenters. The topological polar surface area (TPSA) is 46.5 Å². The molecule has 0 saturated carbocycles. The lowest BCUT2D eigenvalue weighted by molar-refractivity contribution is -0.111. The molecule has 0 aliphatic heterocycles. The fraction of sp³-hybridized carbons (Fsp3) is 0.316. The molecular formula is C19H22O3. The van der Waals surface area contributed by atoms with E-state index in [0.717, 1.165) is 24.9 Å². The van der Waals surface area contributed by atoms with Gasteiger partial charge in [0.25, 0.3) is 0 Å².